The van der Waals surface area contributed by atoms with Crippen LogP contribution in [0.15, 0.2) is 18.2 Å². The first-order chi connectivity index (χ1) is 14.0. The number of piperidine rings is 1. The van der Waals surface area contributed by atoms with Crippen LogP contribution >= 0.6 is 0 Å². The second-order valence-corrected chi connectivity index (χ2v) is 8.68. The van der Waals surface area contributed by atoms with Gasteiger partial charge in [0.2, 0.25) is 11.8 Å². The summed E-state index contributed by atoms with van der Waals surface area (Å²) in [6.45, 7) is 3.56. The van der Waals surface area contributed by atoms with Gasteiger partial charge < -0.3 is 5.73 Å². The molecule has 4 amide bonds. The van der Waals surface area contributed by atoms with Crippen molar-refractivity contribution in [3.8, 4) is 0 Å². The lowest BCUT2D eigenvalue weighted by Crippen LogP contribution is -2.54. The number of hydrogen-bond acceptors (Lipinski definition) is 6. The highest BCUT2D eigenvalue weighted by Crippen LogP contribution is 2.45. The molecule has 1 aliphatic carbocycles. The van der Waals surface area contributed by atoms with E-state index in [4.69, 9.17) is 5.73 Å². The number of nitrogens with zero attached hydrogens (tertiary/aromatic N) is 2. The van der Waals surface area contributed by atoms with Gasteiger partial charge in [-0.2, -0.15) is 0 Å². The van der Waals surface area contributed by atoms with Gasteiger partial charge >= 0.3 is 0 Å². The van der Waals surface area contributed by atoms with Gasteiger partial charge in [0, 0.05) is 26.1 Å². The van der Waals surface area contributed by atoms with Crippen molar-refractivity contribution in [2.75, 3.05) is 19.6 Å². The molecule has 8 heteroatoms. The Bertz CT molecular complexity index is 929. The average molecular weight is 396 g/mol. The van der Waals surface area contributed by atoms with E-state index in [-0.39, 0.29) is 18.7 Å². The van der Waals surface area contributed by atoms with Gasteiger partial charge in [-0.25, -0.2) is 0 Å². The number of hydrogen-bond donors (Lipinski definition) is 2. The van der Waals surface area contributed by atoms with Crippen LogP contribution in [-0.4, -0.2) is 59.1 Å². The van der Waals surface area contributed by atoms with Gasteiger partial charge in [0.25, 0.3) is 11.8 Å². The van der Waals surface area contributed by atoms with E-state index in [1.165, 1.54) is 6.42 Å². The standard InChI is InChI=1S/C21H24N4O4/c22-7-12-6-13-9-24(10-16(12)13)8-11-1-2-14-15(5-11)21(29)25(20(14)28)17-3-4-18(26)23-19(17)27/h1-2,5,12-13,16-17H,3-4,6-10,22H2,(H,23,26,27). The van der Waals surface area contributed by atoms with Crippen molar-refractivity contribution in [2.45, 2.75) is 31.8 Å². The first-order valence-electron chi connectivity index (χ1n) is 10.2. The maximum Gasteiger partial charge on any atom is 0.262 e. The first-order valence-corrected chi connectivity index (χ1v) is 10.2. The Morgan fingerprint density at radius 3 is 2.62 bits per heavy atom. The number of rotatable bonds is 4. The third-order valence-electron chi connectivity index (χ3n) is 6.99. The third-order valence-corrected chi connectivity index (χ3v) is 6.99. The molecule has 29 heavy (non-hydrogen) atoms. The van der Waals surface area contributed by atoms with E-state index in [9.17, 15) is 19.2 Å². The van der Waals surface area contributed by atoms with Gasteiger partial charge in [0.1, 0.15) is 6.04 Å². The van der Waals surface area contributed by atoms with Crippen LogP contribution in [-0.2, 0) is 16.1 Å². The molecule has 2 saturated heterocycles. The molecule has 152 valence electrons. The number of likely N-dealkylation sites (tertiary alicyclic amines) is 1. The van der Waals surface area contributed by atoms with Crippen LogP contribution in [0.5, 0.6) is 0 Å². The summed E-state index contributed by atoms with van der Waals surface area (Å²) in [6.07, 6.45) is 1.49. The second-order valence-electron chi connectivity index (χ2n) is 8.68. The summed E-state index contributed by atoms with van der Waals surface area (Å²) < 4.78 is 0. The molecule has 0 spiro atoms. The predicted octanol–water partition coefficient (Wildman–Crippen LogP) is 0.114. The summed E-state index contributed by atoms with van der Waals surface area (Å²) in [5, 5.41) is 2.22. The molecule has 5 rings (SSSR count). The van der Waals surface area contributed by atoms with Crippen LogP contribution in [0.3, 0.4) is 0 Å². The predicted molar refractivity (Wildman–Crippen MR) is 103 cm³/mol. The summed E-state index contributed by atoms with van der Waals surface area (Å²) in [4.78, 5) is 52.6. The molecular formula is C21H24N4O4. The van der Waals surface area contributed by atoms with E-state index >= 15 is 0 Å². The quantitative estimate of drug-likeness (QED) is 0.699. The molecule has 3 heterocycles. The minimum atomic E-state index is -0.925. The third kappa shape index (κ3) is 2.89. The van der Waals surface area contributed by atoms with E-state index in [1.54, 1.807) is 12.1 Å². The Labute approximate surface area is 168 Å². The molecule has 8 nitrogen and oxygen atoms in total. The Kier molecular flexibility index (Phi) is 4.29. The smallest absolute Gasteiger partial charge is 0.262 e. The van der Waals surface area contributed by atoms with Crippen molar-refractivity contribution in [2.24, 2.45) is 23.5 Å². The van der Waals surface area contributed by atoms with Gasteiger partial charge in [0.05, 0.1) is 11.1 Å². The van der Waals surface area contributed by atoms with E-state index in [2.05, 4.69) is 10.2 Å². The summed E-state index contributed by atoms with van der Waals surface area (Å²) in [5.41, 5.74) is 7.49. The maximum atomic E-state index is 12.9. The highest BCUT2D eigenvalue weighted by Gasteiger charge is 2.47. The van der Waals surface area contributed by atoms with Crippen LogP contribution in [0, 0.1) is 17.8 Å². The number of imide groups is 2. The van der Waals surface area contributed by atoms with Crippen LogP contribution in [0.1, 0.15) is 45.5 Å². The van der Waals surface area contributed by atoms with Crippen molar-refractivity contribution in [3.63, 3.8) is 0 Å². The largest absolute Gasteiger partial charge is 0.330 e. The van der Waals surface area contributed by atoms with Crippen LogP contribution in [0.4, 0.5) is 0 Å². The lowest BCUT2D eigenvalue weighted by molar-refractivity contribution is -0.136. The summed E-state index contributed by atoms with van der Waals surface area (Å²) in [6, 6.07) is 4.43. The van der Waals surface area contributed by atoms with Crippen LogP contribution in [0.2, 0.25) is 0 Å². The molecule has 1 aromatic rings. The first kappa shape index (κ1) is 18.4. The maximum absolute atomic E-state index is 12.9. The molecule has 3 fully saturated rings. The van der Waals surface area contributed by atoms with Gasteiger partial charge in [-0.3, -0.25) is 34.3 Å². The Hall–Kier alpha value is -2.58. The molecule has 0 radical (unpaired) electrons. The molecule has 1 aromatic carbocycles. The molecule has 1 saturated carbocycles. The minimum absolute atomic E-state index is 0.121. The zero-order valence-electron chi connectivity index (χ0n) is 16.1. The highest BCUT2D eigenvalue weighted by molar-refractivity contribution is 6.23. The zero-order chi connectivity index (χ0) is 20.3. The minimum Gasteiger partial charge on any atom is -0.330 e. The topological polar surface area (TPSA) is 113 Å². The fourth-order valence-electron chi connectivity index (χ4n) is 5.41. The number of nitrogens with one attached hydrogen (secondary N) is 1. The number of nitrogens with two attached hydrogens (primary N) is 1. The fourth-order valence-corrected chi connectivity index (χ4v) is 5.41. The number of benzene rings is 1. The monoisotopic (exact) mass is 396 g/mol. The Morgan fingerprint density at radius 2 is 1.86 bits per heavy atom. The van der Waals surface area contributed by atoms with Crippen molar-refractivity contribution >= 4 is 23.6 Å². The van der Waals surface area contributed by atoms with Crippen LogP contribution in [0.25, 0.3) is 0 Å². The van der Waals surface area contributed by atoms with E-state index in [1.807, 2.05) is 6.07 Å². The van der Waals surface area contributed by atoms with E-state index < -0.39 is 23.8 Å². The van der Waals surface area contributed by atoms with E-state index in [0.717, 1.165) is 42.6 Å². The van der Waals surface area contributed by atoms with Gasteiger partial charge in [-0.1, -0.05) is 6.07 Å². The molecule has 4 atom stereocenters. The summed E-state index contributed by atoms with van der Waals surface area (Å²) in [7, 11) is 0. The Morgan fingerprint density at radius 1 is 1.07 bits per heavy atom. The molecule has 4 aliphatic rings. The molecule has 0 aromatic heterocycles. The SMILES string of the molecule is NCC1CC2CN(Cc3ccc4c(c3)C(=O)N(C3CCC(=O)NC3=O)C4=O)CC12. The molecular weight excluding hydrogens is 372 g/mol. The fraction of sp³-hybridized carbons (Fsp3) is 0.524. The number of fused-ring (bicyclic) bond motifs is 2. The van der Waals surface area contributed by atoms with Gasteiger partial charge in [0.15, 0.2) is 0 Å². The highest BCUT2D eigenvalue weighted by atomic mass is 16.2. The second kappa shape index (κ2) is 6.74. The molecule has 4 unspecified atom stereocenters. The lowest BCUT2D eigenvalue weighted by Gasteiger charge is -2.38. The van der Waals surface area contributed by atoms with Gasteiger partial charge in [-0.15, -0.1) is 0 Å². The molecule has 3 aliphatic heterocycles. The van der Waals surface area contributed by atoms with Gasteiger partial charge in [-0.05, 0) is 54.8 Å². The van der Waals surface area contributed by atoms with Crippen LogP contribution < -0.4 is 11.1 Å². The number of carbonyl (C=O) groups excluding carboxylic acids is 4. The summed E-state index contributed by atoms with van der Waals surface area (Å²) >= 11 is 0. The Balaban J connectivity index is 1.32. The van der Waals surface area contributed by atoms with Crippen molar-refractivity contribution < 1.29 is 19.2 Å². The molecule has 3 N–H and O–H groups in total. The van der Waals surface area contributed by atoms with Crippen molar-refractivity contribution in [3.05, 3.63) is 34.9 Å². The molecule has 0 bridgehead atoms. The number of amides is 4. The zero-order valence-corrected chi connectivity index (χ0v) is 16.1. The van der Waals surface area contributed by atoms with E-state index in [0.29, 0.717) is 23.0 Å². The normalized spacial score (nSPS) is 31.6. The van der Waals surface area contributed by atoms with Crippen molar-refractivity contribution in [1.29, 1.82) is 0 Å². The number of carbonyl (C=O) groups is 4. The average Bonchev–Trinajstić information content (AvgIpc) is 3.12. The lowest BCUT2D eigenvalue weighted by atomic mass is 9.67. The van der Waals surface area contributed by atoms with Crippen molar-refractivity contribution in [1.82, 2.24) is 15.1 Å². The summed E-state index contributed by atoms with van der Waals surface area (Å²) in [5.74, 6) is 0.165.